The zero-order valence-electron chi connectivity index (χ0n) is 13.9. The Kier molecular flexibility index (Phi) is 5.57. The van der Waals surface area contributed by atoms with E-state index < -0.39 is 23.8 Å². The minimum absolute atomic E-state index is 0.249. The zero-order chi connectivity index (χ0) is 17.7. The highest BCUT2D eigenvalue weighted by Crippen LogP contribution is 2.41. The van der Waals surface area contributed by atoms with Crippen LogP contribution in [0.5, 0.6) is 11.5 Å². The Labute approximate surface area is 139 Å². The monoisotopic (exact) mass is 333 g/mol. The molecule has 0 N–H and O–H groups in total. The van der Waals surface area contributed by atoms with Gasteiger partial charge in [-0.05, 0) is 6.07 Å². The van der Waals surface area contributed by atoms with Crippen molar-refractivity contribution in [3.05, 3.63) is 35.5 Å². The van der Waals surface area contributed by atoms with Crippen molar-refractivity contribution in [2.45, 2.75) is 5.92 Å². The van der Waals surface area contributed by atoms with Crippen LogP contribution < -0.4 is 9.47 Å². The lowest BCUT2D eigenvalue weighted by Crippen LogP contribution is -2.31. The highest BCUT2D eigenvalue weighted by Gasteiger charge is 2.39. The number of hydrogen-bond donors (Lipinski definition) is 0. The van der Waals surface area contributed by atoms with Gasteiger partial charge in [0.15, 0.2) is 0 Å². The fourth-order valence-electron chi connectivity index (χ4n) is 2.64. The SMILES string of the molecule is COC(=O)C1=CN=CC(C(=O)OC)[C@H]1c1ccc(OC)cc1OC. The van der Waals surface area contributed by atoms with Crippen LogP contribution in [0.4, 0.5) is 0 Å². The van der Waals surface area contributed by atoms with Gasteiger partial charge in [-0.15, -0.1) is 0 Å². The van der Waals surface area contributed by atoms with E-state index >= 15 is 0 Å². The minimum atomic E-state index is -0.767. The van der Waals surface area contributed by atoms with Crippen LogP contribution in [0, 0.1) is 5.92 Å². The van der Waals surface area contributed by atoms with E-state index in [-0.39, 0.29) is 5.57 Å². The summed E-state index contributed by atoms with van der Waals surface area (Å²) in [4.78, 5) is 28.3. The largest absolute Gasteiger partial charge is 0.497 e. The summed E-state index contributed by atoms with van der Waals surface area (Å²) < 4.78 is 20.3. The first-order chi connectivity index (χ1) is 11.6. The number of hydrogen-bond acceptors (Lipinski definition) is 7. The maximum atomic E-state index is 12.2. The molecule has 0 bridgehead atoms. The van der Waals surface area contributed by atoms with Crippen LogP contribution in [0.3, 0.4) is 0 Å². The molecule has 0 spiro atoms. The standard InChI is InChI=1S/C17H19NO6/c1-21-10-5-6-11(14(7-10)22-2)15-12(16(19)23-3)8-18-9-13(15)17(20)24-4/h5-9,12,15H,1-4H3/t12?,15-/m1/s1. The molecule has 7 nitrogen and oxygen atoms in total. The average Bonchev–Trinajstić information content (AvgIpc) is 2.65. The highest BCUT2D eigenvalue weighted by molar-refractivity contribution is 5.99. The third-order valence-corrected chi connectivity index (χ3v) is 3.82. The van der Waals surface area contributed by atoms with Crippen LogP contribution in [-0.2, 0) is 19.1 Å². The maximum absolute atomic E-state index is 12.2. The van der Waals surface area contributed by atoms with Crippen LogP contribution in [-0.4, -0.2) is 46.6 Å². The van der Waals surface area contributed by atoms with E-state index in [0.717, 1.165) is 0 Å². The average molecular weight is 333 g/mol. The van der Waals surface area contributed by atoms with Crippen molar-refractivity contribution in [3.63, 3.8) is 0 Å². The number of ether oxygens (including phenoxy) is 4. The van der Waals surface area contributed by atoms with Crippen molar-refractivity contribution < 1.29 is 28.5 Å². The van der Waals surface area contributed by atoms with Gasteiger partial charge in [0.25, 0.3) is 0 Å². The van der Waals surface area contributed by atoms with E-state index in [4.69, 9.17) is 18.9 Å². The topological polar surface area (TPSA) is 83.4 Å². The van der Waals surface area contributed by atoms with Crippen molar-refractivity contribution in [2.24, 2.45) is 10.9 Å². The second-order valence-corrected chi connectivity index (χ2v) is 5.01. The summed E-state index contributed by atoms with van der Waals surface area (Å²) in [6.07, 6.45) is 2.84. The number of esters is 2. The van der Waals surface area contributed by atoms with E-state index in [1.807, 2.05) is 0 Å². The van der Waals surface area contributed by atoms with Crippen molar-refractivity contribution in [3.8, 4) is 11.5 Å². The van der Waals surface area contributed by atoms with Gasteiger partial charge in [0.1, 0.15) is 17.4 Å². The summed E-state index contributed by atoms with van der Waals surface area (Å²) in [7, 11) is 5.61. The van der Waals surface area contributed by atoms with E-state index in [1.54, 1.807) is 25.3 Å². The Morgan fingerprint density at radius 3 is 2.38 bits per heavy atom. The second-order valence-electron chi connectivity index (χ2n) is 5.01. The summed E-state index contributed by atoms with van der Waals surface area (Å²) in [5.41, 5.74) is 0.885. The van der Waals surface area contributed by atoms with Gasteiger partial charge in [-0.3, -0.25) is 9.79 Å². The molecule has 1 heterocycles. The maximum Gasteiger partial charge on any atom is 0.335 e. The van der Waals surface area contributed by atoms with Crippen LogP contribution in [0.15, 0.2) is 35.0 Å². The van der Waals surface area contributed by atoms with E-state index in [2.05, 4.69) is 4.99 Å². The molecule has 0 saturated heterocycles. The van der Waals surface area contributed by atoms with Gasteiger partial charge in [0.05, 0.1) is 34.0 Å². The van der Waals surface area contributed by atoms with Gasteiger partial charge in [-0.2, -0.15) is 0 Å². The number of rotatable bonds is 5. The highest BCUT2D eigenvalue weighted by atomic mass is 16.5. The van der Waals surface area contributed by atoms with Crippen LogP contribution in [0.1, 0.15) is 11.5 Å². The third-order valence-electron chi connectivity index (χ3n) is 3.82. The van der Waals surface area contributed by atoms with Crippen molar-refractivity contribution in [2.75, 3.05) is 28.4 Å². The van der Waals surface area contributed by atoms with Gasteiger partial charge in [-0.1, -0.05) is 6.07 Å². The number of benzene rings is 1. The molecule has 0 radical (unpaired) electrons. The Balaban J connectivity index is 2.59. The molecule has 0 saturated carbocycles. The Bertz CT molecular complexity index is 694. The molecule has 1 aliphatic heterocycles. The minimum Gasteiger partial charge on any atom is -0.497 e. The lowest BCUT2D eigenvalue weighted by atomic mass is 9.79. The molecular formula is C17H19NO6. The number of carbonyl (C=O) groups excluding carboxylic acids is 2. The lowest BCUT2D eigenvalue weighted by Gasteiger charge is -2.27. The van der Waals surface area contributed by atoms with Crippen molar-refractivity contribution >= 4 is 18.2 Å². The first-order valence-corrected chi connectivity index (χ1v) is 7.18. The number of methoxy groups -OCH3 is 4. The van der Waals surface area contributed by atoms with Gasteiger partial charge in [0.2, 0.25) is 0 Å². The molecule has 1 aromatic rings. The molecule has 1 aromatic carbocycles. The first kappa shape index (κ1) is 17.5. The van der Waals surface area contributed by atoms with Gasteiger partial charge < -0.3 is 18.9 Å². The van der Waals surface area contributed by atoms with E-state index in [1.165, 1.54) is 33.7 Å². The Morgan fingerprint density at radius 1 is 1.04 bits per heavy atom. The van der Waals surface area contributed by atoms with Crippen LogP contribution in [0.2, 0.25) is 0 Å². The predicted octanol–water partition coefficient (Wildman–Crippen LogP) is 1.72. The van der Waals surface area contributed by atoms with Crippen LogP contribution >= 0.6 is 0 Å². The number of nitrogens with zero attached hydrogens (tertiary/aromatic N) is 1. The molecule has 2 rings (SSSR count). The number of carbonyl (C=O) groups is 2. The molecule has 0 fully saturated rings. The lowest BCUT2D eigenvalue weighted by molar-refractivity contribution is -0.143. The van der Waals surface area contributed by atoms with Crippen molar-refractivity contribution in [1.29, 1.82) is 0 Å². The number of aliphatic imine (C=N–C) groups is 1. The molecule has 7 heteroatoms. The van der Waals surface area contributed by atoms with Gasteiger partial charge in [0, 0.05) is 30.0 Å². The smallest absolute Gasteiger partial charge is 0.335 e. The van der Waals surface area contributed by atoms with Crippen LogP contribution in [0.25, 0.3) is 0 Å². The summed E-state index contributed by atoms with van der Waals surface area (Å²) in [6.45, 7) is 0. The fourth-order valence-corrected chi connectivity index (χ4v) is 2.64. The molecule has 1 unspecified atom stereocenters. The Morgan fingerprint density at radius 2 is 1.79 bits per heavy atom. The summed E-state index contributed by atoms with van der Waals surface area (Å²) in [5, 5.41) is 0. The summed E-state index contributed by atoms with van der Waals surface area (Å²) in [6, 6.07) is 5.16. The zero-order valence-corrected chi connectivity index (χ0v) is 13.9. The normalized spacial score (nSPS) is 19.2. The predicted molar refractivity (Wildman–Crippen MR) is 86.4 cm³/mol. The van der Waals surface area contributed by atoms with Gasteiger partial charge in [-0.25, -0.2) is 4.79 Å². The molecule has 0 amide bonds. The molecule has 1 aliphatic rings. The molecule has 24 heavy (non-hydrogen) atoms. The fraction of sp³-hybridized carbons (Fsp3) is 0.353. The van der Waals surface area contributed by atoms with E-state index in [0.29, 0.717) is 17.1 Å². The molecule has 0 aliphatic carbocycles. The quantitative estimate of drug-likeness (QED) is 0.763. The second kappa shape index (κ2) is 7.63. The molecule has 128 valence electrons. The Hall–Kier alpha value is -2.83. The summed E-state index contributed by atoms with van der Waals surface area (Å²) in [5.74, 6) is -1.39. The first-order valence-electron chi connectivity index (χ1n) is 7.18. The van der Waals surface area contributed by atoms with Crippen molar-refractivity contribution in [1.82, 2.24) is 0 Å². The molecular weight excluding hydrogens is 314 g/mol. The molecule has 2 atom stereocenters. The van der Waals surface area contributed by atoms with E-state index in [9.17, 15) is 9.59 Å². The third kappa shape index (κ3) is 3.24. The molecule has 0 aromatic heterocycles. The summed E-state index contributed by atoms with van der Waals surface area (Å²) >= 11 is 0. The van der Waals surface area contributed by atoms with Gasteiger partial charge >= 0.3 is 11.9 Å².